The number of carbonyl (C=O) groups excluding carboxylic acids is 1. The molecule has 0 aromatic rings. The Morgan fingerprint density at radius 1 is 1.27 bits per heavy atom. The molecule has 0 heterocycles. The van der Waals surface area contributed by atoms with Crippen molar-refractivity contribution < 1.29 is 4.79 Å². The van der Waals surface area contributed by atoms with Gasteiger partial charge in [0.15, 0.2) is 5.78 Å². The highest BCUT2D eigenvalue weighted by atomic mass is 35.5. The molecule has 0 rings (SSSR count). The van der Waals surface area contributed by atoms with Gasteiger partial charge in [-0.25, -0.2) is 0 Å². The molecule has 0 spiro atoms. The zero-order chi connectivity index (χ0) is 9.02. The molecule has 0 N–H and O–H groups in total. The average molecular weight is 177 g/mol. The maximum Gasteiger partial charge on any atom is 0.151 e. The highest BCUT2D eigenvalue weighted by molar-refractivity contribution is 6.31. The SMILES string of the molecule is CC(C)CC(=O)C(Cl)C(C)C. The third-order valence-corrected chi connectivity index (χ3v) is 2.25. The lowest BCUT2D eigenvalue weighted by Crippen LogP contribution is -2.21. The summed E-state index contributed by atoms with van der Waals surface area (Å²) in [6.45, 7) is 8.00. The molecular formula is C9H17ClO. The summed E-state index contributed by atoms with van der Waals surface area (Å²) in [6.07, 6.45) is 0.604. The predicted octanol–water partition coefficient (Wildman–Crippen LogP) is 2.87. The first kappa shape index (κ1) is 11.0. The van der Waals surface area contributed by atoms with Crippen LogP contribution in [0.2, 0.25) is 0 Å². The summed E-state index contributed by atoms with van der Waals surface area (Å²) in [7, 11) is 0. The molecule has 1 unspecified atom stereocenters. The van der Waals surface area contributed by atoms with Crippen molar-refractivity contribution >= 4 is 17.4 Å². The highest BCUT2D eigenvalue weighted by Crippen LogP contribution is 2.14. The molecule has 0 aromatic heterocycles. The van der Waals surface area contributed by atoms with Crippen LogP contribution < -0.4 is 0 Å². The zero-order valence-electron chi connectivity index (χ0n) is 7.73. The van der Waals surface area contributed by atoms with E-state index in [4.69, 9.17) is 11.6 Å². The molecular weight excluding hydrogens is 160 g/mol. The van der Waals surface area contributed by atoms with Crippen molar-refractivity contribution in [2.45, 2.75) is 39.5 Å². The molecule has 11 heavy (non-hydrogen) atoms. The number of hydrogen-bond acceptors (Lipinski definition) is 1. The van der Waals surface area contributed by atoms with E-state index < -0.39 is 0 Å². The first-order chi connectivity index (χ1) is 4.95. The molecule has 0 aliphatic carbocycles. The Hall–Kier alpha value is -0.0400. The van der Waals surface area contributed by atoms with Crippen LogP contribution in [0.1, 0.15) is 34.1 Å². The largest absolute Gasteiger partial charge is 0.298 e. The van der Waals surface area contributed by atoms with Crippen LogP contribution in [0.5, 0.6) is 0 Å². The predicted molar refractivity (Wildman–Crippen MR) is 48.9 cm³/mol. The van der Waals surface area contributed by atoms with E-state index in [9.17, 15) is 4.79 Å². The third kappa shape index (κ3) is 4.41. The fraction of sp³-hybridized carbons (Fsp3) is 0.889. The van der Waals surface area contributed by atoms with Gasteiger partial charge in [0.1, 0.15) is 0 Å². The fourth-order valence-electron chi connectivity index (χ4n) is 0.887. The van der Waals surface area contributed by atoms with Gasteiger partial charge in [-0.15, -0.1) is 11.6 Å². The average Bonchev–Trinajstić information content (AvgIpc) is 1.84. The lowest BCUT2D eigenvalue weighted by molar-refractivity contribution is -0.120. The van der Waals surface area contributed by atoms with Crippen molar-refractivity contribution in [3.63, 3.8) is 0 Å². The molecule has 1 nitrogen and oxygen atoms in total. The molecule has 66 valence electrons. The van der Waals surface area contributed by atoms with E-state index >= 15 is 0 Å². The lowest BCUT2D eigenvalue weighted by Gasteiger charge is -2.12. The number of halogens is 1. The molecule has 0 saturated heterocycles. The summed E-state index contributed by atoms with van der Waals surface area (Å²) in [5.41, 5.74) is 0. The van der Waals surface area contributed by atoms with Gasteiger partial charge in [0.2, 0.25) is 0 Å². The second kappa shape index (κ2) is 4.76. The first-order valence-corrected chi connectivity index (χ1v) is 4.55. The Labute approximate surface area is 74.1 Å². The summed E-state index contributed by atoms with van der Waals surface area (Å²) in [6, 6.07) is 0. The van der Waals surface area contributed by atoms with Crippen LogP contribution in [-0.2, 0) is 4.79 Å². The molecule has 0 aliphatic heterocycles. The second-order valence-electron chi connectivity index (χ2n) is 3.71. The smallest absolute Gasteiger partial charge is 0.151 e. The molecule has 0 aliphatic rings. The number of carbonyl (C=O) groups is 1. The van der Waals surface area contributed by atoms with Crippen LogP contribution >= 0.6 is 11.6 Å². The second-order valence-corrected chi connectivity index (χ2v) is 4.18. The van der Waals surface area contributed by atoms with Gasteiger partial charge in [-0.05, 0) is 11.8 Å². The van der Waals surface area contributed by atoms with Crippen LogP contribution in [0.15, 0.2) is 0 Å². The van der Waals surface area contributed by atoms with Crippen LogP contribution in [0.3, 0.4) is 0 Å². The maximum absolute atomic E-state index is 11.3. The molecule has 0 saturated carbocycles. The van der Waals surface area contributed by atoms with Gasteiger partial charge in [-0.1, -0.05) is 27.7 Å². The van der Waals surface area contributed by atoms with E-state index in [0.29, 0.717) is 12.3 Å². The molecule has 0 radical (unpaired) electrons. The van der Waals surface area contributed by atoms with Crippen molar-refractivity contribution in [2.24, 2.45) is 11.8 Å². The van der Waals surface area contributed by atoms with Gasteiger partial charge in [0, 0.05) is 6.42 Å². The lowest BCUT2D eigenvalue weighted by atomic mass is 9.99. The molecule has 1 atom stereocenters. The number of Topliss-reactive ketones (excluding diaryl/α,β-unsaturated/α-hetero) is 1. The van der Waals surface area contributed by atoms with Gasteiger partial charge in [-0.2, -0.15) is 0 Å². The van der Waals surface area contributed by atoms with E-state index in [1.54, 1.807) is 0 Å². The van der Waals surface area contributed by atoms with Gasteiger partial charge in [-0.3, -0.25) is 4.79 Å². The van der Waals surface area contributed by atoms with Gasteiger partial charge < -0.3 is 0 Å². The number of alkyl halides is 1. The van der Waals surface area contributed by atoms with Crippen molar-refractivity contribution in [3.05, 3.63) is 0 Å². The van der Waals surface area contributed by atoms with Crippen LogP contribution in [0, 0.1) is 11.8 Å². The Balaban J connectivity index is 3.83. The zero-order valence-corrected chi connectivity index (χ0v) is 8.48. The monoisotopic (exact) mass is 176 g/mol. The Bertz CT molecular complexity index is 130. The summed E-state index contributed by atoms with van der Waals surface area (Å²) in [5.74, 6) is 0.849. The molecule has 0 bridgehead atoms. The van der Waals surface area contributed by atoms with Crippen molar-refractivity contribution in [1.29, 1.82) is 0 Å². The third-order valence-electron chi connectivity index (χ3n) is 1.50. The van der Waals surface area contributed by atoms with Crippen molar-refractivity contribution in [1.82, 2.24) is 0 Å². The van der Waals surface area contributed by atoms with E-state index in [-0.39, 0.29) is 17.1 Å². The number of rotatable bonds is 4. The van der Waals surface area contributed by atoms with Crippen molar-refractivity contribution in [3.8, 4) is 0 Å². The highest BCUT2D eigenvalue weighted by Gasteiger charge is 2.19. The number of ketones is 1. The normalized spacial score (nSPS) is 14.1. The summed E-state index contributed by atoms with van der Waals surface area (Å²) in [4.78, 5) is 11.3. The summed E-state index contributed by atoms with van der Waals surface area (Å²) in [5, 5.41) is -0.294. The Morgan fingerprint density at radius 2 is 1.73 bits per heavy atom. The number of hydrogen-bond donors (Lipinski definition) is 0. The summed E-state index contributed by atoms with van der Waals surface area (Å²) < 4.78 is 0. The van der Waals surface area contributed by atoms with E-state index in [1.165, 1.54) is 0 Å². The first-order valence-electron chi connectivity index (χ1n) is 4.12. The van der Waals surface area contributed by atoms with E-state index in [2.05, 4.69) is 0 Å². The molecule has 0 fully saturated rings. The van der Waals surface area contributed by atoms with Crippen LogP contribution in [0.25, 0.3) is 0 Å². The van der Waals surface area contributed by atoms with Gasteiger partial charge in [0.05, 0.1) is 5.38 Å². The van der Waals surface area contributed by atoms with E-state index in [0.717, 1.165) is 0 Å². The topological polar surface area (TPSA) is 17.1 Å². The minimum atomic E-state index is -0.294. The molecule has 0 aromatic carbocycles. The van der Waals surface area contributed by atoms with Crippen molar-refractivity contribution in [2.75, 3.05) is 0 Å². The minimum absolute atomic E-state index is 0.177. The molecule has 0 amide bonds. The Kier molecular flexibility index (Phi) is 4.74. The van der Waals surface area contributed by atoms with Crippen LogP contribution in [0.4, 0.5) is 0 Å². The van der Waals surface area contributed by atoms with Gasteiger partial charge >= 0.3 is 0 Å². The Morgan fingerprint density at radius 3 is 2.00 bits per heavy atom. The summed E-state index contributed by atoms with van der Waals surface area (Å²) >= 11 is 5.86. The fourth-order valence-corrected chi connectivity index (χ4v) is 0.976. The van der Waals surface area contributed by atoms with E-state index in [1.807, 2.05) is 27.7 Å². The van der Waals surface area contributed by atoms with Crippen LogP contribution in [-0.4, -0.2) is 11.2 Å². The standard InChI is InChI=1S/C9H17ClO/c1-6(2)5-8(11)9(10)7(3)4/h6-7,9H,5H2,1-4H3. The molecule has 2 heteroatoms. The minimum Gasteiger partial charge on any atom is -0.298 e. The van der Waals surface area contributed by atoms with Gasteiger partial charge in [0.25, 0.3) is 0 Å². The maximum atomic E-state index is 11.3. The quantitative estimate of drug-likeness (QED) is 0.602.